The van der Waals surface area contributed by atoms with Gasteiger partial charge in [0.15, 0.2) is 5.82 Å². The van der Waals surface area contributed by atoms with Crippen molar-refractivity contribution in [3.8, 4) is 56.2 Å². The number of nitrogens with zero attached hydrogens (tertiary/aromatic N) is 2. The van der Waals surface area contributed by atoms with E-state index < -0.39 is 0 Å². The van der Waals surface area contributed by atoms with Crippen molar-refractivity contribution in [2.45, 2.75) is 0 Å². The highest BCUT2D eigenvalue weighted by Crippen LogP contribution is 2.45. The summed E-state index contributed by atoms with van der Waals surface area (Å²) < 4.78 is 5.03. The van der Waals surface area contributed by atoms with Crippen LogP contribution in [0.5, 0.6) is 0 Å². The molecule has 0 saturated heterocycles. The molecule has 11 aromatic rings. The van der Waals surface area contributed by atoms with Crippen LogP contribution in [0.2, 0.25) is 0 Å². The molecule has 0 radical (unpaired) electrons. The molecule has 0 bridgehead atoms. The summed E-state index contributed by atoms with van der Waals surface area (Å²) in [6, 6.07) is 65.4. The smallest absolute Gasteiger partial charge is 0.161 e. The maximum absolute atomic E-state index is 5.56. The minimum atomic E-state index is 0.718. The fourth-order valence-electron chi connectivity index (χ4n) is 7.98. The Labute approximate surface area is 320 Å². The summed E-state index contributed by atoms with van der Waals surface area (Å²) in [5.74, 6) is 0.718. The number of thiophene rings is 2. The maximum Gasteiger partial charge on any atom is 0.161 e. The summed E-state index contributed by atoms with van der Waals surface area (Å²) >= 11 is 3.67. The van der Waals surface area contributed by atoms with Gasteiger partial charge in [-0.1, -0.05) is 158 Å². The Bertz CT molecular complexity index is 3100. The lowest BCUT2D eigenvalue weighted by atomic mass is 9.91. The molecule has 11 rings (SSSR count). The normalized spacial score (nSPS) is 11.7. The lowest BCUT2D eigenvalue weighted by Gasteiger charge is -2.16. The molecule has 2 nitrogen and oxygen atoms in total. The van der Waals surface area contributed by atoms with Crippen molar-refractivity contribution in [3.05, 3.63) is 182 Å². The molecule has 3 heterocycles. The van der Waals surface area contributed by atoms with Crippen LogP contribution in [0.1, 0.15) is 0 Å². The largest absolute Gasteiger partial charge is 0.228 e. The summed E-state index contributed by atoms with van der Waals surface area (Å²) in [4.78, 5) is 11.1. The van der Waals surface area contributed by atoms with Crippen molar-refractivity contribution in [1.29, 1.82) is 0 Å². The van der Waals surface area contributed by atoms with Crippen LogP contribution in [-0.4, -0.2) is 9.97 Å². The van der Waals surface area contributed by atoms with Crippen molar-refractivity contribution in [3.63, 3.8) is 0 Å². The Morgan fingerprint density at radius 2 is 0.852 bits per heavy atom. The molecule has 0 N–H and O–H groups in total. The van der Waals surface area contributed by atoms with Crippen LogP contribution in [0, 0.1) is 0 Å². The third-order valence-corrected chi connectivity index (χ3v) is 13.0. The Hall–Kier alpha value is -6.46. The molecule has 0 amide bonds. The number of hydrogen-bond acceptors (Lipinski definition) is 4. The molecule has 0 aliphatic carbocycles. The SMILES string of the molecule is c1ccc(-c2cccc(-c3ccc4ccccc4c3-c3nc(-c4cccc5c4sc4ccccc45)cc(-c4cccc5c4sc4ccccc45)n3)c2)cc1. The third kappa shape index (κ3) is 5.07. The second kappa shape index (κ2) is 12.6. The summed E-state index contributed by atoms with van der Waals surface area (Å²) in [6.45, 7) is 0. The number of rotatable bonds is 5. The highest BCUT2D eigenvalue weighted by Gasteiger charge is 2.21. The Balaban J connectivity index is 1.22. The maximum atomic E-state index is 5.56. The number of hydrogen-bond donors (Lipinski definition) is 0. The van der Waals surface area contributed by atoms with Gasteiger partial charge in [-0.3, -0.25) is 0 Å². The first-order chi connectivity index (χ1) is 26.8. The lowest BCUT2D eigenvalue weighted by Crippen LogP contribution is -1.99. The molecule has 0 fully saturated rings. The van der Waals surface area contributed by atoms with E-state index in [1.807, 2.05) is 22.7 Å². The standard InChI is InChI=1S/C50H30N2S2/c1-2-13-31(14-3-1)33-16-10-17-34(29-33)36-28-27-32-15-4-5-18-35(32)47(36)50-51-43(41-23-11-21-39-37-19-6-8-25-45(37)53-48(39)41)30-44(52-50)42-24-12-22-40-38-20-7-9-26-46(38)54-49(40)42/h1-30H. The first kappa shape index (κ1) is 31.1. The molecule has 54 heavy (non-hydrogen) atoms. The molecular weight excluding hydrogens is 693 g/mol. The molecule has 0 aliphatic rings. The fraction of sp³-hybridized carbons (Fsp3) is 0. The zero-order valence-electron chi connectivity index (χ0n) is 29.0. The Morgan fingerprint density at radius 1 is 0.333 bits per heavy atom. The Morgan fingerprint density at radius 3 is 1.52 bits per heavy atom. The van der Waals surface area contributed by atoms with Gasteiger partial charge in [0.2, 0.25) is 0 Å². The van der Waals surface area contributed by atoms with Gasteiger partial charge in [-0.25, -0.2) is 9.97 Å². The van der Waals surface area contributed by atoms with Crippen LogP contribution >= 0.6 is 22.7 Å². The van der Waals surface area contributed by atoms with Crippen LogP contribution < -0.4 is 0 Å². The van der Waals surface area contributed by atoms with Crippen molar-refractivity contribution in [1.82, 2.24) is 9.97 Å². The van der Waals surface area contributed by atoms with Crippen LogP contribution in [-0.2, 0) is 0 Å². The van der Waals surface area contributed by atoms with Gasteiger partial charge in [0, 0.05) is 57.0 Å². The molecule has 4 heteroatoms. The second-order valence-corrected chi connectivity index (χ2v) is 15.8. The van der Waals surface area contributed by atoms with Gasteiger partial charge in [0.1, 0.15) is 0 Å². The predicted octanol–water partition coefficient (Wildman–Crippen LogP) is 14.7. The van der Waals surface area contributed by atoms with Crippen molar-refractivity contribution < 1.29 is 0 Å². The van der Waals surface area contributed by atoms with E-state index >= 15 is 0 Å². The molecule has 3 aromatic heterocycles. The molecule has 8 aromatic carbocycles. The third-order valence-electron chi connectivity index (χ3n) is 10.5. The second-order valence-electron chi connectivity index (χ2n) is 13.7. The number of aromatic nitrogens is 2. The van der Waals surface area contributed by atoms with Crippen LogP contribution in [0.4, 0.5) is 0 Å². The van der Waals surface area contributed by atoms with Crippen molar-refractivity contribution in [2.75, 3.05) is 0 Å². The van der Waals surface area contributed by atoms with Gasteiger partial charge in [-0.2, -0.15) is 0 Å². The zero-order valence-corrected chi connectivity index (χ0v) is 30.7. The lowest BCUT2D eigenvalue weighted by molar-refractivity contribution is 1.19. The average molecular weight is 723 g/mol. The quantitative estimate of drug-likeness (QED) is 0.177. The Kier molecular flexibility index (Phi) is 7.25. The van der Waals surface area contributed by atoms with Gasteiger partial charge in [-0.05, 0) is 57.3 Å². The molecule has 0 aliphatic heterocycles. The van der Waals surface area contributed by atoms with E-state index in [0.29, 0.717) is 0 Å². The van der Waals surface area contributed by atoms with E-state index in [-0.39, 0.29) is 0 Å². The summed E-state index contributed by atoms with van der Waals surface area (Å²) in [6.07, 6.45) is 0. The minimum Gasteiger partial charge on any atom is -0.228 e. The summed E-state index contributed by atoms with van der Waals surface area (Å²) in [7, 11) is 0. The molecule has 252 valence electrons. The number of benzene rings is 8. The number of fused-ring (bicyclic) bond motifs is 7. The minimum absolute atomic E-state index is 0.718. The van der Waals surface area contributed by atoms with Gasteiger partial charge < -0.3 is 0 Å². The molecule has 0 unspecified atom stereocenters. The van der Waals surface area contributed by atoms with E-state index in [9.17, 15) is 0 Å². The van der Waals surface area contributed by atoms with Crippen LogP contribution in [0.3, 0.4) is 0 Å². The van der Waals surface area contributed by atoms with E-state index in [1.54, 1.807) is 0 Å². The molecule has 0 atom stereocenters. The van der Waals surface area contributed by atoms with Crippen molar-refractivity contribution >= 4 is 73.8 Å². The van der Waals surface area contributed by atoms with E-state index in [1.165, 1.54) is 51.5 Å². The molecule has 0 saturated carbocycles. The van der Waals surface area contributed by atoms with Gasteiger partial charge in [0.05, 0.1) is 11.4 Å². The zero-order chi connectivity index (χ0) is 35.6. The van der Waals surface area contributed by atoms with Crippen LogP contribution in [0.15, 0.2) is 182 Å². The van der Waals surface area contributed by atoms with Gasteiger partial charge in [0.25, 0.3) is 0 Å². The average Bonchev–Trinajstić information content (AvgIpc) is 3.82. The van der Waals surface area contributed by atoms with Crippen molar-refractivity contribution in [2.24, 2.45) is 0 Å². The topological polar surface area (TPSA) is 25.8 Å². The van der Waals surface area contributed by atoms with Crippen LogP contribution in [0.25, 0.3) is 107 Å². The first-order valence-corrected chi connectivity index (χ1v) is 19.8. The molecular formula is C50H30N2S2. The fourth-order valence-corrected chi connectivity index (χ4v) is 10.4. The van der Waals surface area contributed by atoms with E-state index in [2.05, 4.69) is 182 Å². The van der Waals surface area contributed by atoms with Gasteiger partial charge >= 0.3 is 0 Å². The van der Waals surface area contributed by atoms with Gasteiger partial charge in [-0.15, -0.1) is 22.7 Å². The highest BCUT2D eigenvalue weighted by molar-refractivity contribution is 7.26. The summed E-state index contributed by atoms with van der Waals surface area (Å²) in [5, 5.41) is 7.35. The highest BCUT2D eigenvalue weighted by atomic mass is 32.1. The summed E-state index contributed by atoms with van der Waals surface area (Å²) in [5.41, 5.74) is 9.72. The van der Waals surface area contributed by atoms with E-state index in [4.69, 9.17) is 9.97 Å². The monoisotopic (exact) mass is 722 g/mol. The molecule has 0 spiro atoms. The van der Waals surface area contributed by atoms with E-state index in [0.717, 1.165) is 55.8 Å². The predicted molar refractivity (Wildman–Crippen MR) is 232 cm³/mol. The first-order valence-electron chi connectivity index (χ1n) is 18.2.